The molecule has 0 bridgehead atoms. The van der Waals surface area contributed by atoms with E-state index >= 15 is 0 Å². The summed E-state index contributed by atoms with van der Waals surface area (Å²) < 4.78 is 10.7. The molecule has 0 heterocycles. The van der Waals surface area contributed by atoms with Gasteiger partial charge in [0.2, 0.25) is 0 Å². The van der Waals surface area contributed by atoms with Crippen molar-refractivity contribution < 1.29 is 9.47 Å². The van der Waals surface area contributed by atoms with Gasteiger partial charge >= 0.3 is 0 Å². The molecule has 0 saturated heterocycles. The molecule has 1 fully saturated rings. The molecule has 2 rings (SSSR count). The van der Waals surface area contributed by atoms with Gasteiger partial charge in [-0.15, -0.1) is 0 Å². The predicted molar refractivity (Wildman–Crippen MR) is 68.9 cm³/mol. The van der Waals surface area contributed by atoms with Crippen LogP contribution in [-0.2, 0) is 0 Å². The quantitative estimate of drug-likeness (QED) is 0.788. The van der Waals surface area contributed by atoms with Crippen molar-refractivity contribution in [3.8, 4) is 11.5 Å². The van der Waals surface area contributed by atoms with E-state index in [0.29, 0.717) is 10.7 Å². The molecule has 0 spiro atoms. The van der Waals surface area contributed by atoms with Crippen LogP contribution < -0.4 is 9.47 Å². The monoisotopic (exact) mass is 284 g/mol. The highest BCUT2D eigenvalue weighted by molar-refractivity contribution is 9.09. The number of rotatable bonds is 3. The van der Waals surface area contributed by atoms with Gasteiger partial charge in [-0.05, 0) is 24.5 Å². The van der Waals surface area contributed by atoms with E-state index in [1.807, 2.05) is 12.1 Å². The van der Waals surface area contributed by atoms with E-state index in [-0.39, 0.29) is 0 Å². The molecule has 1 aromatic rings. The van der Waals surface area contributed by atoms with Crippen LogP contribution in [0.4, 0.5) is 0 Å². The highest BCUT2D eigenvalue weighted by Crippen LogP contribution is 2.43. The molecule has 0 aromatic heterocycles. The van der Waals surface area contributed by atoms with Crippen LogP contribution in [0.1, 0.15) is 30.7 Å². The standard InChI is InChI=1S/C13H17BrO2/c1-15-9-6-7-11(13(8-9)16-2)10-4-3-5-12(10)14/h6-8,10,12H,3-5H2,1-2H3. The zero-order valence-corrected chi connectivity index (χ0v) is 11.3. The van der Waals surface area contributed by atoms with Crippen LogP contribution in [-0.4, -0.2) is 19.0 Å². The van der Waals surface area contributed by atoms with Crippen LogP contribution in [0.3, 0.4) is 0 Å². The summed E-state index contributed by atoms with van der Waals surface area (Å²) in [5.74, 6) is 2.36. The second-order valence-corrected chi connectivity index (χ2v) is 5.34. The lowest BCUT2D eigenvalue weighted by Gasteiger charge is -2.18. The van der Waals surface area contributed by atoms with Crippen molar-refractivity contribution in [1.29, 1.82) is 0 Å². The molecule has 1 saturated carbocycles. The van der Waals surface area contributed by atoms with E-state index in [1.54, 1.807) is 14.2 Å². The average molecular weight is 285 g/mol. The van der Waals surface area contributed by atoms with Crippen LogP contribution in [0.2, 0.25) is 0 Å². The molecule has 2 atom stereocenters. The topological polar surface area (TPSA) is 18.5 Å². The SMILES string of the molecule is COc1ccc(C2CCCC2Br)c(OC)c1. The molecule has 1 aromatic carbocycles. The maximum Gasteiger partial charge on any atom is 0.126 e. The molecule has 2 nitrogen and oxygen atoms in total. The Morgan fingerprint density at radius 2 is 2.00 bits per heavy atom. The maximum atomic E-state index is 5.45. The third kappa shape index (κ3) is 2.19. The zero-order valence-electron chi connectivity index (χ0n) is 9.70. The summed E-state index contributed by atoms with van der Waals surface area (Å²) in [5.41, 5.74) is 1.29. The van der Waals surface area contributed by atoms with Gasteiger partial charge in [-0.3, -0.25) is 0 Å². The Bertz CT molecular complexity index is 365. The molecule has 88 valence electrons. The van der Waals surface area contributed by atoms with Gasteiger partial charge in [0, 0.05) is 16.8 Å². The minimum atomic E-state index is 0.570. The third-order valence-electron chi connectivity index (χ3n) is 3.27. The molecule has 0 radical (unpaired) electrons. The van der Waals surface area contributed by atoms with Gasteiger partial charge < -0.3 is 9.47 Å². The number of hydrogen-bond donors (Lipinski definition) is 0. The Hall–Kier alpha value is -0.700. The average Bonchev–Trinajstić information content (AvgIpc) is 2.74. The number of ether oxygens (including phenoxy) is 2. The fourth-order valence-electron chi connectivity index (χ4n) is 2.39. The van der Waals surface area contributed by atoms with E-state index < -0.39 is 0 Å². The highest BCUT2D eigenvalue weighted by Gasteiger charge is 2.28. The van der Waals surface area contributed by atoms with Gasteiger partial charge in [0.25, 0.3) is 0 Å². The number of halogens is 1. The van der Waals surface area contributed by atoms with E-state index in [1.165, 1.54) is 24.8 Å². The normalized spacial score (nSPS) is 24.4. The number of methoxy groups -OCH3 is 2. The number of hydrogen-bond acceptors (Lipinski definition) is 2. The van der Waals surface area contributed by atoms with Crippen LogP contribution in [0.25, 0.3) is 0 Å². The summed E-state index contributed by atoms with van der Waals surface area (Å²) in [6.07, 6.45) is 3.77. The van der Waals surface area contributed by atoms with Crippen LogP contribution in [0, 0.1) is 0 Å². The Labute approximate surface area is 105 Å². The first-order valence-electron chi connectivity index (χ1n) is 5.62. The largest absolute Gasteiger partial charge is 0.497 e. The van der Waals surface area contributed by atoms with E-state index in [9.17, 15) is 0 Å². The van der Waals surface area contributed by atoms with Gasteiger partial charge in [0.15, 0.2) is 0 Å². The van der Waals surface area contributed by atoms with E-state index in [4.69, 9.17) is 9.47 Å². The van der Waals surface area contributed by atoms with Crippen molar-refractivity contribution in [1.82, 2.24) is 0 Å². The van der Waals surface area contributed by atoms with Crippen molar-refractivity contribution in [2.24, 2.45) is 0 Å². The molecule has 16 heavy (non-hydrogen) atoms. The number of alkyl halides is 1. The lowest BCUT2D eigenvalue weighted by Crippen LogP contribution is -2.06. The minimum absolute atomic E-state index is 0.570. The van der Waals surface area contributed by atoms with Gasteiger partial charge in [-0.1, -0.05) is 28.4 Å². The Kier molecular flexibility index (Phi) is 3.74. The molecular formula is C13H17BrO2. The fraction of sp³-hybridized carbons (Fsp3) is 0.538. The first kappa shape index (κ1) is 11.8. The Morgan fingerprint density at radius 1 is 1.19 bits per heavy atom. The van der Waals surface area contributed by atoms with Gasteiger partial charge in [0.05, 0.1) is 14.2 Å². The highest BCUT2D eigenvalue weighted by atomic mass is 79.9. The molecule has 2 unspecified atom stereocenters. The van der Waals surface area contributed by atoms with E-state index in [2.05, 4.69) is 22.0 Å². The third-order valence-corrected chi connectivity index (χ3v) is 4.37. The Morgan fingerprint density at radius 3 is 2.56 bits per heavy atom. The van der Waals surface area contributed by atoms with Gasteiger partial charge in [-0.25, -0.2) is 0 Å². The van der Waals surface area contributed by atoms with Crippen molar-refractivity contribution in [2.45, 2.75) is 30.0 Å². The van der Waals surface area contributed by atoms with Crippen molar-refractivity contribution >= 4 is 15.9 Å². The van der Waals surface area contributed by atoms with Crippen molar-refractivity contribution in [2.75, 3.05) is 14.2 Å². The lowest BCUT2D eigenvalue weighted by atomic mass is 9.96. The van der Waals surface area contributed by atoms with E-state index in [0.717, 1.165) is 11.5 Å². The maximum absolute atomic E-state index is 5.45. The predicted octanol–water partition coefficient (Wildman–Crippen LogP) is 3.73. The van der Waals surface area contributed by atoms with Crippen LogP contribution >= 0.6 is 15.9 Å². The van der Waals surface area contributed by atoms with Crippen LogP contribution in [0.15, 0.2) is 18.2 Å². The second-order valence-electron chi connectivity index (χ2n) is 4.16. The van der Waals surface area contributed by atoms with Crippen molar-refractivity contribution in [3.05, 3.63) is 23.8 Å². The summed E-state index contributed by atoms with van der Waals surface area (Å²) in [4.78, 5) is 0.579. The molecule has 0 aliphatic heterocycles. The fourth-order valence-corrected chi connectivity index (χ4v) is 3.26. The first-order valence-corrected chi connectivity index (χ1v) is 6.54. The summed E-state index contributed by atoms with van der Waals surface area (Å²) in [7, 11) is 3.40. The summed E-state index contributed by atoms with van der Waals surface area (Å²) in [6.45, 7) is 0. The summed E-state index contributed by atoms with van der Waals surface area (Å²) >= 11 is 3.75. The second kappa shape index (κ2) is 5.09. The zero-order chi connectivity index (χ0) is 11.5. The van der Waals surface area contributed by atoms with Crippen LogP contribution in [0.5, 0.6) is 11.5 Å². The van der Waals surface area contributed by atoms with Crippen molar-refractivity contribution in [3.63, 3.8) is 0 Å². The molecule has 1 aliphatic carbocycles. The molecule has 0 N–H and O–H groups in total. The molecule has 1 aliphatic rings. The lowest BCUT2D eigenvalue weighted by molar-refractivity contribution is 0.388. The summed E-state index contributed by atoms with van der Waals surface area (Å²) in [5, 5.41) is 0. The molecule has 3 heteroatoms. The summed E-state index contributed by atoms with van der Waals surface area (Å²) in [6, 6.07) is 6.10. The number of benzene rings is 1. The van der Waals surface area contributed by atoms with Gasteiger partial charge in [0.1, 0.15) is 11.5 Å². The minimum Gasteiger partial charge on any atom is -0.497 e. The molecular weight excluding hydrogens is 268 g/mol. The smallest absolute Gasteiger partial charge is 0.126 e. The Balaban J connectivity index is 2.32. The first-order chi connectivity index (χ1) is 7.76. The molecule has 0 amide bonds. The van der Waals surface area contributed by atoms with Gasteiger partial charge in [-0.2, -0.15) is 0 Å².